The monoisotopic (exact) mass is 329 g/mol. The smallest absolute Gasteiger partial charge is 0.240 e. The van der Waals surface area contributed by atoms with Gasteiger partial charge in [-0.3, -0.25) is 0 Å². The van der Waals surface area contributed by atoms with E-state index in [-0.39, 0.29) is 28.6 Å². The van der Waals surface area contributed by atoms with Gasteiger partial charge >= 0.3 is 0 Å². The first-order valence-corrected chi connectivity index (χ1v) is 7.92. The summed E-state index contributed by atoms with van der Waals surface area (Å²) >= 11 is 5.82. The quantitative estimate of drug-likeness (QED) is 0.885. The summed E-state index contributed by atoms with van der Waals surface area (Å²) in [6.45, 7) is -0.526. The average Bonchev–Trinajstić information content (AvgIpc) is 2.46. The van der Waals surface area contributed by atoms with E-state index in [4.69, 9.17) is 16.7 Å². The number of sulfonamides is 1. The number of nitrogens with one attached hydrogen (secondary N) is 1. The number of benzene rings is 2. The molecular formula is C14H13ClFNO3S. The number of aliphatic hydroxyl groups is 1. The molecule has 2 aromatic carbocycles. The van der Waals surface area contributed by atoms with Gasteiger partial charge in [0.25, 0.3) is 0 Å². The van der Waals surface area contributed by atoms with Crippen LogP contribution in [-0.4, -0.2) is 13.5 Å². The molecule has 0 unspecified atom stereocenters. The number of rotatable bonds is 5. The molecule has 112 valence electrons. The summed E-state index contributed by atoms with van der Waals surface area (Å²) < 4.78 is 40.0. The van der Waals surface area contributed by atoms with Crippen LogP contribution in [0.25, 0.3) is 0 Å². The molecule has 0 fully saturated rings. The maximum atomic E-state index is 13.5. The molecule has 0 atom stereocenters. The molecule has 4 nitrogen and oxygen atoms in total. The van der Waals surface area contributed by atoms with Gasteiger partial charge in [0.2, 0.25) is 10.0 Å². The topological polar surface area (TPSA) is 66.4 Å². The van der Waals surface area contributed by atoms with Crippen LogP contribution in [0.4, 0.5) is 4.39 Å². The van der Waals surface area contributed by atoms with Crippen LogP contribution in [0.15, 0.2) is 47.4 Å². The normalized spacial score (nSPS) is 11.6. The Morgan fingerprint density at radius 1 is 1.14 bits per heavy atom. The zero-order valence-electron chi connectivity index (χ0n) is 10.9. The van der Waals surface area contributed by atoms with Crippen molar-refractivity contribution in [3.8, 4) is 0 Å². The summed E-state index contributed by atoms with van der Waals surface area (Å²) in [4.78, 5) is -0.0349. The maximum Gasteiger partial charge on any atom is 0.240 e. The Labute approximate surface area is 127 Å². The molecule has 0 saturated carbocycles. The summed E-state index contributed by atoms with van der Waals surface area (Å²) in [5, 5.41) is 9.39. The first-order valence-electron chi connectivity index (χ1n) is 6.06. The molecule has 0 saturated heterocycles. The van der Waals surface area contributed by atoms with Gasteiger partial charge in [0.15, 0.2) is 0 Å². The van der Waals surface area contributed by atoms with Gasteiger partial charge in [0, 0.05) is 17.1 Å². The second-order valence-electron chi connectivity index (χ2n) is 4.33. The lowest BCUT2D eigenvalue weighted by atomic mass is 10.2. The predicted octanol–water partition coefficient (Wildman–Crippen LogP) is 2.45. The highest BCUT2D eigenvalue weighted by Crippen LogP contribution is 2.20. The lowest BCUT2D eigenvalue weighted by molar-refractivity contribution is 0.281. The highest BCUT2D eigenvalue weighted by molar-refractivity contribution is 7.89. The van der Waals surface area contributed by atoms with E-state index >= 15 is 0 Å². The standard InChI is InChI=1S/C14H13ClFNO3S/c15-13-6-5-12(7-11(13)9-18)21(19,20)17-8-10-3-1-2-4-14(10)16/h1-7,17-18H,8-9H2. The number of hydrogen-bond acceptors (Lipinski definition) is 3. The molecular weight excluding hydrogens is 317 g/mol. The van der Waals surface area contributed by atoms with Crippen LogP contribution in [0.5, 0.6) is 0 Å². The lowest BCUT2D eigenvalue weighted by Crippen LogP contribution is -2.23. The van der Waals surface area contributed by atoms with Gasteiger partial charge in [-0.2, -0.15) is 0 Å². The van der Waals surface area contributed by atoms with E-state index in [0.29, 0.717) is 5.56 Å². The minimum Gasteiger partial charge on any atom is -0.392 e. The zero-order valence-corrected chi connectivity index (χ0v) is 12.5. The molecule has 7 heteroatoms. The minimum absolute atomic E-state index is 0.0349. The van der Waals surface area contributed by atoms with Crippen LogP contribution in [0.3, 0.4) is 0 Å². The van der Waals surface area contributed by atoms with Gasteiger partial charge in [-0.25, -0.2) is 17.5 Å². The lowest BCUT2D eigenvalue weighted by Gasteiger charge is -2.09. The maximum absolute atomic E-state index is 13.5. The molecule has 2 N–H and O–H groups in total. The van der Waals surface area contributed by atoms with E-state index in [1.54, 1.807) is 6.07 Å². The first-order chi connectivity index (χ1) is 9.94. The molecule has 0 aromatic heterocycles. The van der Waals surface area contributed by atoms with Gasteiger partial charge in [-0.1, -0.05) is 29.8 Å². The third kappa shape index (κ3) is 3.79. The van der Waals surface area contributed by atoms with Crippen molar-refractivity contribution in [1.29, 1.82) is 0 Å². The molecule has 0 heterocycles. The molecule has 2 rings (SSSR count). The van der Waals surface area contributed by atoms with Crippen LogP contribution >= 0.6 is 11.6 Å². The highest BCUT2D eigenvalue weighted by atomic mass is 35.5. The molecule has 0 radical (unpaired) electrons. The highest BCUT2D eigenvalue weighted by Gasteiger charge is 2.16. The molecule has 0 aliphatic heterocycles. The van der Waals surface area contributed by atoms with Crippen LogP contribution in [-0.2, 0) is 23.2 Å². The molecule has 0 spiro atoms. The Hall–Kier alpha value is -1.47. The number of hydrogen-bond donors (Lipinski definition) is 2. The van der Waals surface area contributed by atoms with Crippen molar-refractivity contribution in [2.75, 3.05) is 0 Å². The molecule has 0 aliphatic rings. The largest absolute Gasteiger partial charge is 0.392 e. The molecule has 0 amide bonds. The zero-order chi connectivity index (χ0) is 15.5. The fraction of sp³-hybridized carbons (Fsp3) is 0.143. The van der Waals surface area contributed by atoms with Crippen molar-refractivity contribution in [2.45, 2.75) is 18.0 Å². The summed E-state index contributed by atoms with van der Waals surface area (Å²) in [7, 11) is -3.81. The summed E-state index contributed by atoms with van der Waals surface area (Å²) in [5.74, 6) is -0.479. The van der Waals surface area contributed by atoms with Crippen molar-refractivity contribution in [3.63, 3.8) is 0 Å². The summed E-state index contributed by atoms with van der Waals surface area (Å²) in [5.41, 5.74) is 0.558. The van der Waals surface area contributed by atoms with E-state index in [0.717, 1.165) is 0 Å². The van der Waals surface area contributed by atoms with Crippen LogP contribution in [0, 0.1) is 5.82 Å². The fourth-order valence-electron chi connectivity index (χ4n) is 1.74. The van der Waals surface area contributed by atoms with E-state index in [1.165, 1.54) is 36.4 Å². The summed E-state index contributed by atoms with van der Waals surface area (Å²) in [6.07, 6.45) is 0. The van der Waals surface area contributed by atoms with Gasteiger partial charge in [0.05, 0.1) is 11.5 Å². The van der Waals surface area contributed by atoms with Crippen LogP contribution < -0.4 is 4.72 Å². The molecule has 21 heavy (non-hydrogen) atoms. The van der Waals surface area contributed by atoms with Gasteiger partial charge in [0.1, 0.15) is 5.82 Å². The van der Waals surface area contributed by atoms with Crippen molar-refractivity contribution in [3.05, 3.63) is 64.4 Å². The Bertz CT molecular complexity index is 750. The van der Waals surface area contributed by atoms with Gasteiger partial charge in [-0.05, 0) is 29.8 Å². The Morgan fingerprint density at radius 2 is 1.86 bits per heavy atom. The molecule has 2 aromatic rings. The SMILES string of the molecule is O=S(=O)(NCc1ccccc1F)c1ccc(Cl)c(CO)c1. The second kappa shape index (κ2) is 6.53. The average molecular weight is 330 g/mol. The molecule has 0 aliphatic carbocycles. The Balaban J connectivity index is 2.21. The third-order valence-electron chi connectivity index (χ3n) is 2.91. The predicted molar refractivity (Wildman–Crippen MR) is 77.8 cm³/mol. The minimum atomic E-state index is -3.81. The Kier molecular flexibility index (Phi) is 4.95. The van der Waals surface area contributed by atoms with Crippen LogP contribution in [0.1, 0.15) is 11.1 Å². The van der Waals surface area contributed by atoms with Crippen molar-refractivity contribution < 1.29 is 17.9 Å². The number of aliphatic hydroxyl groups excluding tert-OH is 1. The van der Waals surface area contributed by atoms with Crippen molar-refractivity contribution >= 4 is 21.6 Å². The summed E-state index contributed by atoms with van der Waals surface area (Å²) in [6, 6.07) is 9.91. The second-order valence-corrected chi connectivity index (χ2v) is 6.50. The van der Waals surface area contributed by atoms with Gasteiger partial charge < -0.3 is 5.11 Å². The van der Waals surface area contributed by atoms with Gasteiger partial charge in [-0.15, -0.1) is 0 Å². The molecule has 0 bridgehead atoms. The van der Waals surface area contributed by atoms with Crippen molar-refractivity contribution in [2.24, 2.45) is 0 Å². The van der Waals surface area contributed by atoms with E-state index in [1.807, 2.05) is 0 Å². The van der Waals surface area contributed by atoms with E-state index in [9.17, 15) is 12.8 Å². The van der Waals surface area contributed by atoms with Crippen LogP contribution in [0.2, 0.25) is 5.02 Å². The van der Waals surface area contributed by atoms with E-state index in [2.05, 4.69) is 4.72 Å². The number of halogens is 2. The van der Waals surface area contributed by atoms with E-state index < -0.39 is 15.8 Å². The Morgan fingerprint density at radius 3 is 2.52 bits per heavy atom. The van der Waals surface area contributed by atoms with Crippen molar-refractivity contribution in [1.82, 2.24) is 4.72 Å². The first kappa shape index (κ1) is 15.9. The third-order valence-corrected chi connectivity index (χ3v) is 4.68. The fourth-order valence-corrected chi connectivity index (χ4v) is 2.97.